The topological polar surface area (TPSA) is 133 Å². The standard InChI is InChI=1S/2C15H21O3.2C2H5O.Ti/c2*1-2-18-14(17)6-13(16)15-7-10-3-11(8-15)5-12(4-10)9-15;2*1-2-3;/h2*6,10-12H,2-5,7-9H2,1H3;2*2H2,1H3;/q4*-1;+4. The molecule has 8 rings (SSSR count). The summed E-state index contributed by atoms with van der Waals surface area (Å²) in [4.78, 5) is 47.7. The third-order valence-electron chi connectivity index (χ3n) is 10.2. The summed E-state index contributed by atoms with van der Waals surface area (Å²) in [6.45, 7) is 7.34. The monoisotopic (exact) mass is 636 g/mol. The van der Waals surface area contributed by atoms with E-state index in [0.29, 0.717) is 13.2 Å². The van der Waals surface area contributed by atoms with Crippen molar-refractivity contribution in [2.45, 2.75) is 105 Å². The molecular formula is C34H52O8Ti. The van der Waals surface area contributed by atoms with E-state index in [1.165, 1.54) is 51.4 Å². The number of carbonyl (C=O) groups is 4. The number of carbonyl (C=O) groups excluding carboxylic acids is 4. The molecule has 8 nitrogen and oxygen atoms in total. The molecule has 43 heavy (non-hydrogen) atoms. The van der Waals surface area contributed by atoms with Gasteiger partial charge in [0.05, 0.1) is 13.2 Å². The Bertz CT molecular complexity index is 787. The van der Waals surface area contributed by atoms with Gasteiger partial charge in [-0.3, -0.25) is 9.59 Å². The Balaban J connectivity index is 0.000000249. The van der Waals surface area contributed by atoms with E-state index in [9.17, 15) is 19.2 Å². The quantitative estimate of drug-likeness (QED) is 0.170. The van der Waals surface area contributed by atoms with Crippen LogP contribution in [0, 0.1) is 59.2 Å². The Morgan fingerprint density at radius 1 is 0.558 bits per heavy atom. The summed E-state index contributed by atoms with van der Waals surface area (Å²) in [5, 5.41) is 17.9. The van der Waals surface area contributed by atoms with Crippen LogP contribution in [-0.2, 0) is 50.4 Å². The Morgan fingerprint density at radius 2 is 0.767 bits per heavy atom. The predicted molar refractivity (Wildman–Crippen MR) is 154 cm³/mol. The molecule has 0 unspecified atom stereocenters. The van der Waals surface area contributed by atoms with Gasteiger partial charge in [0.1, 0.15) is 0 Å². The zero-order valence-electron chi connectivity index (χ0n) is 26.7. The van der Waals surface area contributed by atoms with Gasteiger partial charge in [-0.1, -0.05) is 13.8 Å². The van der Waals surface area contributed by atoms with Gasteiger partial charge in [0.15, 0.2) is 11.9 Å². The normalized spacial score (nSPS) is 34.8. The van der Waals surface area contributed by atoms with Gasteiger partial charge < -0.3 is 29.3 Å². The van der Waals surface area contributed by atoms with Crippen molar-refractivity contribution in [3.8, 4) is 0 Å². The Morgan fingerprint density at radius 3 is 0.953 bits per heavy atom. The molecule has 8 aliphatic carbocycles. The third kappa shape index (κ3) is 9.82. The molecule has 0 aromatic carbocycles. The molecule has 0 heterocycles. The molecule has 0 amide bonds. The SMILES string of the molecule is CCOC(=O)[CH-]C(=O)C12CC3CC(CC(C3)C1)C2.CCOC(=O)[CH-]C(=O)C12CC3CC(CC(C3)C1)C2.CC[O-].CC[O-].[Ti+4]. The Labute approximate surface area is 273 Å². The van der Waals surface area contributed by atoms with E-state index in [1.807, 2.05) is 0 Å². The summed E-state index contributed by atoms with van der Waals surface area (Å²) in [5.74, 6) is 3.56. The maximum atomic E-state index is 12.4. The van der Waals surface area contributed by atoms with Crippen LogP contribution < -0.4 is 10.2 Å². The zero-order chi connectivity index (χ0) is 30.9. The molecule has 8 bridgehead atoms. The van der Waals surface area contributed by atoms with Crippen molar-refractivity contribution in [2.24, 2.45) is 46.3 Å². The van der Waals surface area contributed by atoms with E-state index >= 15 is 0 Å². The third-order valence-corrected chi connectivity index (χ3v) is 10.2. The molecule has 9 heteroatoms. The fraction of sp³-hybridized carbons (Fsp3) is 0.824. The molecule has 0 atom stereocenters. The van der Waals surface area contributed by atoms with Gasteiger partial charge in [-0.2, -0.15) is 0 Å². The second-order valence-electron chi connectivity index (χ2n) is 13.5. The van der Waals surface area contributed by atoms with Crippen molar-refractivity contribution < 1.29 is 60.6 Å². The summed E-state index contributed by atoms with van der Waals surface area (Å²) in [6.07, 6.45) is 16.4. The maximum Gasteiger partial charge on any atom is 4.00 e. The van der Waals surface area contributed by atoms with Crippen LogP contribution in [0.5, 0.6) is 0 Å². The van der Waals surface area contributed by atoms with Gasteiger partial charge >= 0.3 is 21.7 Å². The van der Waals surface area contributed by atoms with Crippen LogP contribution in [0.3, 0.4) is 0 Å². The van der Waals surface area contributed by atoms with Crippen LogP contribution in [-0.4, -0.2) is 49.9 Å². The van der Waals surface area contributed by atoms with Gasteiger partial charge in [-0.25, -0.2) is 12.8 Å². The molecule has 8 fully saturated rings. The number of rotatable bonds is 8. The van der Waals surface area contributed by atoms with Crippen LogP contribution in [0.1, 0.15) is 105 Å². The van der Waals surface area contributed by atoms with E-state index in [0.717, 1.165) is 74.0 Å². The molecule has 240 valence electrons. The van der Waals surface area contributed by atoms with Crippen LogP contribution in [0.2, 0.25) is 0 Å². The molecule has 8 saturated carbocycles. The van der Waals surface area contributed by atoms with Crippen LogP contribution >= 0.6 is 0 Å². The van der Waals surface area contributed by atoms with Crippen molar-refractivity contribution in [3.05, 3.63) is 12.8 Å². The minimum Gasteiger partial charge on any atom is -0.855 e. The van der Waals surface area contributed by atoms with E-state index in [4.69, 9.17) is 19.7 Å². The molecule has 0 aliphatic heterocycles. The average Bonchev–Trinajstić information content (AvgIpc) is 2.89. The first-order valence-corrected chi connectivity index (χ1v) is 16.3. The summed E-state index contributed by atoms with van der Waals surface area (Å²) in [6, 6.07) is 0. The Kier molecular flexibility index (Phi) is 15.3. The second-order valence-corrected chi connectivity index (χ2v) is 13.5. The number of hydrogen-bond donors (Lipinski definition) is 0. The minimum absolute atomic E-state index is 0. The predicted octanol–water partition coefficient (Wildman–Crippen LogP) is 3.81. The summed E-state index contributed by atoms with van der Waals surface area (Å²) in [7, 11) is 0. The average molecular weight is 637 g/mol. The van der Waals surface area contributed by atoms with E-state index in [-0.39, 0.29) is 57.3 Å². The molecular weight excluding hydrogens is 584 g/mol. The van der Waals surface area contributed by atoms with Gasteiger partial charge in [-0.15, -0.1) is 13.2 Å². The van der Waals surface area contributed by atoms with Crippen molar-refractivity contribution in [3.63, 3.8) is 0 Å². The van der Waals surface area contributed by atoms with Gasteiger partial charge in [-0.05, 0) is 126 Å². The van der Waals surface area contributed by atoms with Crippen LogP contribution in [0.25, 0.3) is 0 Å². The second kappa shape index (κ2) is 17.4. The van der Waals surface area contributed by atoms with Crippen LogP contribution in [0.4, 0.5) is 0 Å². The number of hydrogen-bond acceptors (Lipinski definition) is 8. The number of ketones is 2. The van der Waals surface area contributed by atoms with Crippen molar-refractivity contribution in [1.29, 1.82) is 0 Å². The molecule has 8 aliphatic rings. The first-order valence-electron chi connectivity index (χ1n) is 16.3. The summed E-state index contributed by atoms with van der Waals surface area (Å²) in [5.41, 5.74) is -0.414. The van der Waals surface area contributed by atoms with Crippen LogP contribution in [0.15, 0.2) is 0 Å². The molecule has 0 saturated heterocycles. The number of ether oxygens (including phenoxy) is 2. The van der Waals surface area contributed by atoms with E-state index in [1.54, 1.807) is 27.7 Å². The zero-order valence-corrected chi connectivity index (χ0v) is 28.3. The van der Waals surface area contributed by atoms with Gasteiger partial charge in [0.25, 0.3) is 0 Å². The number of esters is 2. The molecule has 0 radical (unpaired) electrons. The summed E-state index contributed by atoms with van der Waals surface area (Å²) >= 11 is 0. The Hall–Kier alpha value is -1.35. The van der Waals surface area contributed by atoms with E-state index < -0.39 is 11.9 Å². The minimum atomic E-state index is -0.460. The fourth-order valence-electron chi connectivity index (χ4n) is 9.71. The molecule has 0 aromatic rings. The van der Waals surface area contributed by atoms with Gasteiger partial charge in [0.2, 0.25) is 0 Å². The summed E-state index contributed by atoms with van der Waals surface area (Å²) < 4.78 is 9.72. The fourth-order valence-corrected chi connectivity index (χ4v) is 9.71. The largest absolute Gasteiger partial charge is 4.00 e. The van der Waals surface area contributed by atoms with E-state index in [2.05, 4.69) is 0 Å². The first-order chi connectivity index (χ1) is 20.0. The van der Waals surface area contributed by atoms with Crippen molar-refractivity contribution in [2.75, 3.05) is 26.4 Å². The van der Waals surface area contributed by atoms with Crippen molar-refractivity contribution in [1.82, 2.24) is 0 Å². The smallest absolute Gasteiger partial charge is 0.855 e. The number of Topliss-reactive ketones (excluding diaryl/α,β-unsaturated/α-hetero) is 2. The first kappa shape index (κ1) is 37.8. The molecule has 0 aromatic heterocycles. The van der Waals surface area contributed by atoms with Gasteiger partial charge in [0, 0.05) is 22.4 Å². The maximum absolute atomic E-state index is 12.4. The molecule has 0 N–H and O–H groups in total. The van der Waals surface area contributed by atoms with Crippen molar-refractivity contribution >= 4 is 23.5 Å². The molecule has 0 spiro atoms.